The molecule has 1 aromatic heterocycles. The van der Waals surface area contributed by atoms with Gasteiger partial charge in [0.05, 0.1) is 0 Å². The lowest BCUT2D eigenvalue weighted by Gasteiger charge is -2.05. The summed E-state index contributed by atoms with van der Waals surface area (Å²) >= 11 is 0. The Kier molecular flexibility index (Phi) is 2.86. The van der Waals surface area contributed by atoms with Gasteiger partial charge in [0.1, 0.15) is 5.82 Å². The molecule has 0 spiro atoms. The highest BCUT2D eigenvalue weighted by Gasteiger charge is 1.97. The Bertz CT molecular complexity index is 222. The van der Waals surface area contributed by atoms with Crippen LogP contribution < -0.4 is 11.1 Å². The summed E-state index contributed by atoms with van der Waals surface area (Å²) in [5.41, 5.74) is 6.57. The molecule has 0 bridgehead atoms. The lowest BCUT2D eigenvalue weighted by atomic mass is 10.2. The summed E-state index contributed by atoms with van der Waals surface area (Å²) in [6, 6.07) is 3.87. The molecular formula is C8H13N3. The van der Waals surface area contributed by atoms with Crippen LogP contribution in [-0.2, 0) is 6.54 Å². The first kappa shape index (κ1) is 8.01. The number of anilines is 1. The Balaban J connectivity index is 2.83. The first-order valence-corrected chi connectivity index (χ1v) is 3.76. The van der Waals surface area contributed by atoms with Gasteiger partial charge >= 0.3 is 0 Å². The Morgan fingerprint density at radius 2 is 2.45 bits per heavy atom. The molecule has 3 N–H and O–H groups in total. The van der Waals surface area contributed by atoms with Gasteiger partial charge in [0.2, 0.25) is 0 Å². The minimum atomic E-state index is 0.538. The second-order valence-corrected chi connectivity index (χ2v) is 2.25. The van der Waals surface area contributed by atoms with Crippen molar-refractivity contribution in [3.8, 4) is 0 Å². The van der Waals surface area contributed by atoms with E-state index in [1.165, 1.54) is 0 Å². The molecule has 3 nitrogen and oxygen atoms in total. The second kappa shape index (κ2) is 3.93. The third kappa shape index (κ3) is 1.91. The number of rotatable bonds is 3. The topological polar surface area (TPSA) is 50.9 Å². The molecule has 0 aromatic carbocycles. The van der Waals surface area contributed by atoms with Crippen molar-refractivity contribution in [2.24, 2.45) is 5.73 Å². The molecule has 0 unspecified atom stereocenters. The summed E-state index contributed by atoms with van der Waals surface area (Å²) < 4.78 is 0. The van der Waals surface area contributed by atoms with Gasteiger partial charge in [-0.25, -0.2) is 4.98 Å². The molecule has 1 heterocycles. The van der Waals surface area contributed by atoms with E-state index in [4.69, 9.17) is 5.73 Å². The molecule has 60 valence electrons. The minimum Gasteiger partial charge on any atom is -0.370 e. The van der Waals surface area contributed by atoms with Gasteiger partial charge in [-0.15, -0.1) is 0 Å². The van der Waals surface area contributed by atoms with Crippen LogP contribution in [0.15, 0.2) is 18.3 Å². The molecule has 0 saturated heterocycles. The predicted molar refractivity (Wildman–Crippen MR) is 46.3 cm³/mol. The van der Waals surface area contributed by atoms with Crippen LogP contribution in [0.1, 0.15) is 12.5 Å². The summed E-state index contributed by atoms with van der Waals surface area (Å²) in [7, 11) is 0. The van der Waals surface area contributed by atoms with Crippen molar-refractivity contribution >= 4 is 5.82 Å². The molecule has 0 aliphatic rings. The number of pyridine rings is 1. The maximum absolute atomic E-state index is 5.50. The zero-order chi connectivity index (χ0) is 8.10. The first-order chi connectivity index (χ1) is 5.38. The van der Waals surface area contributed by atoms with E-state index in [-0.39, 0.29) is 0 Å². The van der Waals surface area contributed by atoms with Crippen LogP contribution >= 0.6 is 0 Å². The second-order valence-electron chi connectivity index (χ2n) is 2.25. The van der Waals surface area contributed by atoms with Crippen molar-refractivity contribution in [1.29, 1.82) is 0 Å². The molecule has 0 aliphatic heterocycles. The molecule has 1 rings (SSSR count). The highest BCUT2D eigenvalue weighted by Crippen LogP contribution is 2.08. The molecule has 0 fully saturated rings. The highest BCUT2D eigenvalue weighted by molar-refractivity contribution is 5.43. The van der Waals surface area contributed by atoms with E-state index in [1.807, 2.05) is 19.1 Å². The SMILES string of the molecule is CCNc1ncccc1CN. The van der Waals surface area contributed by atoms with Crippen LogP contribution in [0.2, 0.25) is 0 Å². The van der Waals surface area contributed by atoms with Crippen molar-refractivity contribution in [3.05, 3.63) is 23.9 Å². The van der Waals surface area contributed by atoms with Gasteiger partial charge in [0.15, 0.2) is 0 Å². The minimum absolute atomic E-state index is 0.538. The monoisotopic (exact) mass is 151 g/mol. The number of nitrogens with one attached hydrogen (secondary N) is 1. The Hall–Kier alpha value is -1.09. The van der Waals surface area contributed by atoms with Gasteiger partial charge in [-0.3, -0.25) is 0 Å². The van der Waals surface area contributed by atoms with Crippen LogP contribution in [-0.4, -0.2) is 11.5 Å². The van der Waals surface area contributed by atoms with Crippen molar-refractivity contribution in [2.75, 3.05) is 11.9 Å². The molecule has 0 radical (unpaired) electrons. The number of hydrogen-bond donors (Lipinski definition) is 2. The van der Waals surface area contributed by atoms with Gasteiger partial charge in [-0.05, 0) is 13.0 Å². The molecule has 0 aliphatic carbocycles. The normalized spacial score (nSPS) is 9.64. The van der Waals surface area contributed by atoms with Crippen LogP contribution in [0.3, 0.4) is 0 Å². The molecule has 0 amide bonds. The van der Waals surface area contributed by atoms with E-state index < -0.39 is 0 Å². The summed E-state index contributed by atoms with van der Waals surface area (Å²) in [6.07, 6.45) is 1.76. The van der Waals surface area contributed by atoms with Crippen molar-refractivity contribution in [2.45, 2.75) is 13.5 Å². The maximum Gasteiger partial charge on any atom is 0.130 e. The zero-order valence-electron chi connectivity index (χ0n) is 6.67. The highest BCUT2D eigenvalue weighted by atomic mass is 15.0. The fraction of sp³-hybridized carbons (Fsp3) is 0.375. The van der Waals surface area contributed by atoms with Crippen LogP contribution in [0.25, 0.3) is 0 Å². The van der Waals surface area contributed by atoms with Gasteiger partial charge < -0.3 is 11.1 Å². The molecule has 0 atom stereocenters. The van der Waals surface area contributed by atoms with Gasteiger partial charge in [0, 0.05) is 24.8 Å². The average Bonchev–Trinajstić information content (AvgIpc) is 2.06. The Morgan fingerprint density at radius 1 is 1.64 bits per heavy atom. The number of nitrogens with zero attached hydrogens (tertiary/aromatic N) is 1. The largest absolute Gasteiger partial charge is 0.370 e. The van der Waals surface area contributed by atoms with E-state index in [2.05, 4.69) is 10.3 Å². The van der Waals surface area contributed by atoms with E-state index in [1.54, 1.807) is 6.20 Å². The van der Waals surface area contributed by atoms with Gasteiger partial charge in [-0.2, -0.15) is 0 Å². The van der Waals surface area contributed by atoms with E-state index in [9.17, 15) is 0 Å². The molecule has 3 heteroatoms. The standard InChI is InChI=1S/C8H13N3/c1-2-10-8-7(6-9)4-3-5-11-8/h3-5H,2,6,9H2,1H3,(H,10,11). The van der Waals surface area contributed by atoms with Crippen molar-refractivity contribution < 1.29 is 0 Å². The van der Waals surface area contributed by atoms with E-state index in [0.717, 1.165) is 17.9 Å². The quantitative estimate of drug-likeness (QED) is 0.676. The first-order valence-electron chi connectivity index (χ1n) is 3.76. The Morgan fingerprint density at radius 3 is 3.09 bits per heavy atom. The summed E-state index contributed by atoms with van der Waals surface area (Å²) in [4.78, 5) is 4.15. The van der Waals surface area contributed by atoms with E-state index in [0.29, 0.717) is 6.54 Å². The lowest BCUT2D eigenvalue weighted by Crippen LogP contribution is -2.06. The smallest absolute Gasteiger partial charge is 0.130 e. The fourth-order valence-corrected chi connectivity index (χ4v) is 0.930. The molecule has 0 saturated carbocycles. The molecule has 11 heavy (non-hydrogen) atoms. The average molecular weight is 151 g/mol. The number of hydrogen-bond acceptors (Lipinski definition) is 3. The summed E-state index contributed by atoms with van der Waals surface area (Å²) in [6.45, 7) is 3.45. The lowest BCUT2D eigenvalue weighted by molar-refractivity contribution is 1.03. The van der Waals surface area contributed by atoms with Crippen molar-refractivity contribution in [1.82, 2.24) is 4.98 Å². The Labute approximate surface area is 66.6 Å². The zero-order valence-corrected chi connectivity index (χ0v) is 6.67. The van der Waals surface area contributed by atoms with Crippen LogP contribution in [0.5, 0.6) is 0 Å². The van der Waals surface area contributed by atoms with Gasteiger partial charge in [-0.1, -0.05) is 6.07 Å². The predicted octanol–water partition coefficient (Wildman–Crippen LogP) is 0.972. The third-order valence-corrected chi connectivity index (χ3v) is 1.46. The number of aromatic nitrogens is 1. The summed E-state index contributed by atoms with van der Waals surface area (Å²) in [5, 5.41) is 3.14. The fourth-order valence-electron chi connectivity index (χ4n) is 0.930. The summed E-state index contributed by atoms with van der Waals surface area (Å²) in [5.74, 6) is 0.900. The van der Waals surface area contributed by atoms with Gasteiger partial charge in [0.25, 0.3) is 0 Å². The van der Waals surface area contributed by atoms with E-state index >= 15 is 0 Å². The maximum atomic E-state index is 5.50. The van der Waals surface area contributed by atoms with Crippen LogP contribution in [0.4, 0.5) is 5.82 Å². The number of nitrogens with two attached hydrogens (primary N) is 1. The van der Waals surface area contributed by atoms with Crippen LogP contribution in [0, 0.1) is 0 Å². The van der Waals surface area contributed by atoms with Crippen molar-refractivity contribution in [3.63, 3.8) is 0 Å². The molecular weight excluding hydrogens is 138 g/mol. The third-order valence-electron chi connectivity index (χ3n) is 1.46. The molecule has 1 aromatic rings.